The molecule has 0 unspecified atom stereocenters. The number of benzene rings is 2. The summed E-state index contributed by atoms with van der Waals surface area (Å²) in [5.74, 6) is -0.00234. The molecule has 1 aliphatic rings. The third kappa shape index (κ3) is 4.19. The molecule has 1 fully saturated rings. The highest BCUT2D eigenvalue weighted by Crippen LogP contribution is 2.27. The predicted octanol–water partition coefficient (Wildman–Crippen LogP) is 3.78. The Labute approximate surface area is 180 Å². The van der Waals surface area contributed by atoms with Crippen molar-refractivity contribution in [3.8, 4) is 0 Å². The van der Waals surface area contributed by atoms with Crippen LogP contribution in [-0.4, -0.2) is 36.7 Å². The molecule has 2 heterocycles. The smallest absolute Gasteiger partial charge is 0.269 e. The topological polar surface area (TPSA) is 91.4 Å². The zero-order chi connectivity index (χ0) is 21.3. The fraction of sp³-hybridized carbons (Fsp3) is 0.333. The molecule has 0 saturated carbocycles. The van der Waals surface area contributed by atoms with E-state index in [1.54, 1.807) is 0 Å². The highest BCUT2D eigenvalue weighted by atomic mass is 32.2. The van der Waals surface area contributed by atoms with E-state index in [1.165, 1.54) is 39.9 Å². The van der Waals surface area contributed by atoms with Gasteiger partial charge in [0.25, 0.3) is 5.91 Å². The molecule has 1 aliphatic heterocycles. The Balaban J connectivity index is 1.43. The standard InChI is InChI=1S/C21H24N4O3S2/c1-14-5-4-12-25(13-14)30(27,28)17-10-8-16(9-11-17)20(26)23-24-21-22-19-15(2)6-3-7-18(19)29-21/h3,6-11,14H,4-5,12-13H2,1-2H3,(H,22,24)(H,23,26)/t14-/m0/s1. The molecule has 7 nitrogen and oxygen atoms in total. The van der Waals surface area contributed by atoms with Crippen molar-refractivity contribution in [2.75, 3.05) is 18.5 Å². The molecule has 0 spiro atoms. The number of piperidine rings is 1. The second kappa shape index (κ2) is 8.33. The summed E-state index contributed by atoms with van der Waals surface area (Å²) in [7, 11) is -3.53. The minimum Gasteiger partial charge on any atom is -0.273 e. The number of aryl methyl sites for hydroxylation is 1. The van der Waals surface area contributed by atoms with Crippen LogP contribution in [0.4, 0.5) is 5.13 Å². The Kier molecular flexibility index (Phi) is 5.77. The van der Waals surface area contributed by atoms with Gasteiger partial charge in [-0.25, -0.2) is 13.4 Å². The number of carbonyl (C=O) groups excluding carboxylic acids is 1. The molecule has 0 bridgehead atoms. The van der Waals surface area contributed by atoms with E-state index < -0.39 is 10.0 Å². The Bertz CT molecular complexity index is 1170. The van der Waals surface area contributed by atoms with Crippen LogP contribution in [0.5, 0.6) is 0 Å². The van der Waals surface area contributed by atoms with Crippen LogP contribution in [0.15, 0.2) is 47.4 Å². The van der Waals surface area contributed by atoms with Crippen LogP contribution in [0.1, 0.15) is 35.7 Å². The second-order valence-corrected chi connectivity index (χ2v) is 10.6. The van der Waals surface area contributed by atoms with E-state index in [2.05, 4.69) is 22.8 Å². The van der Waals surface area contributed by atoms with Crippen molar-refractivity contribution < 1.29 is 13.2 Å². The van der Waals surface area contributed by atoms with Gasteiger partial charge in [-0.2, -0.15) is 4.31 Å². The third-order valence-corrected chi connectivity index (χ3v) is 8.09. The molecular weight excluding hydrogens is 420 g/mol. The second-order valence-electron chi connectivity index (χ2n) is 7.65. The lowest BCUT2D eigenvalue weighted by molar-refractivity contribution is 0.0962. The van der Waals surface area contributed by atoms with Gasteiger partial charge in [-0.3, -0.25) is 15.6 Å². The third-order valence-electron chi connectivity index (χ3n) is 5.28. The lowest BCUT2D eigenvalue weighted by Gasteiger charge is -2.30. The summed E-state index contributed by atoms with van der Waals surface area (Å²) >= 11 is 1.45. The summed E-state index contributed by atoms with van der Waals surface area (Å²) in [6, 6.07) is 12.0. The summed E-state index contributed by atoms with van der Waals surface area (Å²) < 4.78 is 28.3. The van der Waals surface area contributed by atoms with Gasteiger partial charge < -0.3 is 0 Å². The van der Waals surface area contributed by atoms with Gasteiger partial charge in [-0.05, 0) is 61.6 Å². The molecule has 1 amide bonds. The molecule has 158 valence electrons. The van der Waals surface area contributed by atoms with E-state index >= 15 is 0 Å². The van der Waals surface area contributed by atoms with Crippen LogP contribution in [0.3, 0.4) is 0 Å². The SMILES string of the molecule is Cc1cccc2sc(NNC(=O)c3ccc(S(=O)(=O)N4CCC[C@H](C)C4)cc3)nc12. The van der Waals surface area contributed by atoms with Gasteiger partial charge in [-0.15, -0.1) is 0 Å². The number of anilines is 1. The molecule has 0 aliphatic carbocycles. The van der Waals surface area contributed by atoms with Gasteiger partial charge in [-0.1, -0.05) is 30.4 Å². The fourth-order valence-electron chi connectivity index (χ4n) is 3.61. The molecule has 2 N–H and O–H groups in total. The largest absolute Gasteiger partial charge is 0.273 e. The maximum Gasteiger partial charge on any atom is 0.269 e. The number of amides is 1. The van der Waals surface area contributed by atoms with Gasteiger partial charge in [0.05, 0.1) is 15.1 Å². The first-order valence-electron chi connectivity index (χ1n) is 9.87. The van der Waals surface area contributed by atoms with Gasteiger partial charge in [0.2, 0.25) is 15.2 Å². The monoisotopic (exact) mass is 444 g/mol. The van der Waals surface area contributed by atoms with Crippen molar-refractivity contribution >= 4 is 42.6 Å². The van der Waals surface area contributed by atoms with Gasteiger partial charge in [0.1, 0.15) is 0 Å². The van der Waals surface area contributed by atoms with E-state index in [0.717, 1.165) is 28.6 Å². The van der Waals surface area contributed by atoms with Gasteiger partial charge in [0, 0.05) is 18.7 Å². The van der Waals surface area contributed by atoms with E-state index in [9.17, 15) is 13.2 Å². The molecule has 0 radical (unpaired) electrons. The van der Waals surface area contributed by atoms with E-state index in [1.807, 2.05) is 25.1 Å². The molecule has 9 heteroatoms. The average Bonchev–Trinajstić information content (AvgIpc) is 3.17. The zero-order valence-electron chi connectivity index (χ0n) is 16.9. The molecule has 1 atom stereocenters. The highest BCUT2D eigenvalue weighted by molar-refractivity contribution is 7.89. The van der Waals surface area contributed by atoms with Crippen LogP contribution in [0.25, 0.3) is 10.2 Å². The number of aromatic nitrogens is 1. The summed E-state index contributed by atoms with van der Waals surface area (Å²) in [6.45, 7) is 5.13. The van der Waals surface area contributed by atoms with Gasteiger partial charge in [0.15, 0.2) is 0 Å². The van der Waals surface area contributed by atoms with E-state index in [-0.39, 0.29) is 10.8 Å². The van der Waals surface area contributed by atoms with Crippen molar-refractivity contribution in [2.24, 2.45) is 5.92 Å². The van der Waals surface area contributed by atoms with Crippen molar-refractivity contribution in [3.63, 3.8) is 0 Å². The lowest BCUT2D eigenvalue weighted by atomic mass is 10.0. The number of hydrogen-bond acceptors (Lipinski definition) is 6. The number of rotatable bonds is 5. The summed E-state index contributed by atoms with van der Waals surface area (Å²) in [6.07, 6.45) is 1.92. The molecule has 3 aromatic rings. The normalized spacial score (nSPS) is 17.7. The van der Waals surface area contributed by atoms with Crippen LogP contribution in [0, 0.1) is 12.8 Å². The average molecular weight is 445 g/mol. The minimum absolute atomic E-state index is 0.211. The number of nitrogens with zero attached hydrogens (tertiary/aromatic N) is 2. The Morgan fingerprint density at radius 2 is 1.97 bits per heavy atom. The van der Waals surface area contributed by atoms with Crippen molar-refractivity contribution in [1.82, 2.24) is 14.7 Å². The first-order chi connectivity index (χ1) is 14.3. The molecule has 1 aromatic heterocycles. The van der Waals surface area contributed by atoms with Crippen molar-refractivity contribution in [1.29, 1.82) is 0 Å². The number of carbonyl (C=O) groups is 1. The van der Waals surface area contributed by atoms with Crippen LogP contribution in [0.2, 0.25) is 0 Å². The van der Waals surface area contributed by atoms with Crippen LogP contribution >= 0.6 is 11.3 Å². The number of sulfonamides is 1. The minimum atomic E-state index is -3.53. The Morgan fingerprint density at radius 3 is 2.67 bits per heavy atom. The number of para-hydroxylation sites is 1. The Hall–Kier alpha value is -2.49. The maximum absolute atomic E-state index is 12.8. The summed E-state index contributed by atoms with van der Waals surface area (Å²) in [5, 5.41) is 0.589. The van der Waals surface area contributed by atoms with Gasteiger partial charge >= 0.3 is 0 Å². The number of thiazole rings is 1. The first kappa shape index (κ1) is 20.8. The zero-order valence-corrected chi connectivity index (χ0v) is 18.5. The van der Waals surface area contributed by atoms with Crippen LogP contribution in [-0.2, 0) is 10.0 Å². The number of fused-ring (bicyclic) bond motifs is 1. The predicted molar refractivity (Wildman–Crippen MR) is 119 cm³/mol. The number of hydrogen-bond donors (Lipinski definition) is 2. The van der Waals surface area contributed by atoms with E-state index in [4.69, 9.17) is 0 Å². The number of hydrazine groups is 1. The Morgan fingerprint density at radius 1 is 1.20 bits per heavy atom. The highest BCUT2D eigenvalue weighted by Gasteiger charge is 2.28. The number of nitrogens with one attached hydrogen (secondary N) is 2. The van der Waals surface area contributed by atoms with Crippen molar-refractivity contribution in [2.45, 2.75) is 31.6 Å². The van der Waals surface area contributed by atoms with Crippen LogP contribution < -0.4 is 10.9 Å². The first-order valence-corrected chi connectivity index (χ1v) is 12.1. The maximum atomic E-state index is 12.8. The molecule has 2 aromatic carbocycles. The fourth-order valence-corrected chi connectivity index (χ4v) is 6.11. The quantitative estimate of drug-likeness (QED) is 0.585. The molecule has 4 rings (SSSR count). The lowest BCUT2D eigenvalue weighted by Crippen LogP contribution is -2.39. The summed E-state index contributed by atoms with van der Waals surface area (Å²) in [5.41, 5.74) is 7.81. The van der Waals surface area contributed by atoms with Crippen molar-refractivity contribution in [3.05, 3.63) is 53.6 Å². The molecule has 30 heavy (non-hydrogen) atoms. The molecular formula is C21H24N4O3S2. The molecule has 1 saturated heterocycles. The van der Waals surface area contributed by atoms with E-state index in [0.29, 0.717) is 29.7 Å². The summed E-state index contributed by atoms with van der Waals surface area (Å²) in [4.78, 5) is 17.2.